The standard InChI is InChI=1S/C14H17N3/c1-11(17(2)3)12-5-4-6-13(9-12)14-10-15-7-8-16-14/h4-11H,1-3H3/t11-/m1/s1. The molecule has 0 fully saturated rings. The van der Waals surface area contributed by atoms with Gasteiger partial charge in [-0.05, 0) is 32.6 Å². The Morgan fingerprint density at radius 3 is 2.65 bits per heavy atom. The molecule has 0 saturated carbocycles. The predicted octanol–water partition coefficient (Wildman–Crippen LogP) is 2.77. The monoisotopic (exact) mass is 227 g/mol. The van der Waals surface area contributed by atoms with Crippen molar-refractivity contribution in [2.75, 3.05) is 14.1 Å². The van der Waals surface area contributed by atoms with Crippen LogP contribution in [0.2, 0.25) is 0 Å². The summed E-state index contributed by atoms with van der Waals surface area (Å²) in [5.74, 6) is 0. The third kappa shape index (κ3) is 2.68. The molecule has 0 unspecified atom stereocenters. The molecule has 2 aromatic rings. The zero-order valence-electron chi connectivity index (χ0n) is 10.5. The fraction of sp³-hybridized carbons (Fsp3) is 0.286. The van der Waals surface area contributed by atoms with E-state index in [0.29, 0.717) is 6.04 Å². The molecule has 0 aliphatic heterocycles. The van der Waals surface area contributed by atoms with E-state index in [1.54, 1.807) is 18.6 Å². The Labute approximate surface area is 102 Å². The summed E-state index contributed by atoms with van der Waals surface area (Å²) in [5.41, 5.74) is 3.32. The lowest BCUT2D eigenvalue weighted by molar-refractivity contribution is 0.321. The van der Waals surface area contributed by atoms with Crippen LogP contribution in [-0.2, 0) is 0 Å². The van der Waals surface area contributed by atoms with Crippen molar-refractivity contribution < 1.29 is 0 Å². The summed E-state index contributed by atoms with van der Waals surface area (Å²) >= 11 is 0. The molecule has 1 aromatic carbocycles. The van der Waals surface area contributed by atoms with Gasteiger partial charge in [-0.15, -0.1) is 0 Å². The Morgan fingerprint density at radius 1 is 1.18 bits per heavy atom. The van der Waals surface area contributed by atoms with Crippen LogP contribution in [0.3, 0.4) is 0 Å². The van der Waals surface area contributed by atoms with Gasteiger partial charge in [-0.25, -0.2) is 0 Å². The van der Waals surface area contributed by atoms with E-state index in [1.807, 2.05) is 0 Å². The Morgan fingerprint density at radius 2 is 2.00 bits per heavy atom. The van der Waals surface area contributed by atoms with Crippen LogP contribution in [0, 0.1) is 0 Å². The highest BCUT2D eigenvalue weighted by Gasteiger charge is 2.08. The fourth-order valence-electron chi connectivity index (χ4n) is 1.70. The topological polar surface area (TPSA) is 29.0 Å². The van der Waals surface area contributed by atoms with Gasteiger partial charge in [0.1, 0.15) is 0 Å². The quantitative estimate of drug-likeness (QED) is 0.807. The first-order valence-electron chi connectivity index (χ1n) is 5.71. The minimum Gasteiger partial charge on any atom is -0.303 e. The molecule has 3 nitrogen and oxygen atoms in total. The highest BCUT2D eigenvalue weighted by molar-refractivity contribution is 5.59. The summed E-state index contributed by atoms with van der Waals surface area (Å²) in [6, 6.07) is 8.85. The number of hydrogen-bond donors (Lipinski definition) is 0. The molecule has 1 atom stereocenters. The van der Waals surface area contributed by atoms with Gasteiger partial charge in [0.05, 0.1) is 11.9 Å². The minimum absolute atomic E-state index is 0.395. The van der Waals surface area contributed by atoms with Crippen LogP contribution in [0.1, 0.15) is 18.5 Å². The summed E-state index contributed by atoms with van der Waals surface area (Å²) in [7, 11) is 4.17. The first-order chi connectivity index (χ1) is 8.18. The molecule has 88 valence electrons. The molecule has 0 aliphatic carbocycles. The van der Waals surface area contributed by atoms with Gasteiger partial charge in [0, 0.05) is 24.0 Å². The normalized spacial score (nSPS) is 12.7. The van der Waals surface area contributed by atoms with Crippen molar-refractivity contribution >= 4 is 0 Å². The number of benzene rings is 1. The lowest BCUT2D eigenvalue weighted by Crippen LogP contribution is -2.16. The molecule has 3 heteroatoms. The number of nitrogens with zero attached hydrogens (tertiary/aromatic N) is 3. The molecule has 17 heavy (non-hydrogen) atoms. The highest BCUT2D eigenvalue weighted by atomic mass is 15.1. The van der Waals surface area contributed by atoms with E-state index in [-0.39, 0.29) is 0 Å². The number of rotatable bonds is 3. The third-order valence-electron chi connectivity index (χ3n) is 3.00. The summed E-state index contributed by atoms with van der Waals surface area (Å²) < 4.78 is 0. The Kier molecular flexibility index (Phi) is 3.49. The second-order valence-electron chi connectivity index (χ2n) is 4.36. The highest BCUT2D eigenvalue weighted by Crippen LogP contribution is 2.23. The fourth-order valence-corrected chi connectivity index (χ4v) is 1.70. The minimum atomic E-state index is 0.395. The zero-order chi connectivity index (χ0) is 12.3. The van der Waals surface area contributed by atoms with Crippen LogP contribution in [-0.4, -0.2) is 29.0 Å². The molecule has 2 rings (SSSR count). The average molecular weight is 227 g/mol. The second kappa shape index (κ2) is 5.06. The molecule has 0 amide bonds. The summed E-state index contributed by atoms with van der Waals surface area (Å²) in [6.07, 6.45) is 5.20. The van der Waals surface area contributed by atoms with Gasteiger partial charge in [-0.2, -0.15) is 0 Å². The molecule has 1 heterocycles. The van der Waals surface area contributed by atoms with Crippen molar-refractivity contribution in [1.82, 2.24) is 14.9 Å². The van der Waals surface area contributed by atoms with Crippen LogP contribution >= 0.6 is 0 Å². The van der Waals surface area contributed by atoms with E-state index in [9.17, 15) is 0 Å². The van der Waals surface area contributed by atoms with Gasteiger partial charge in [-0.1, -0.05) is 18.2 Å². The maximum atomic E-state index is 4.32. The van der Waals surface area contributed by atoms with E-state index in [0.717, 1.165) is 11.3 Å². The van der Waals surface area contributed by atoms with Crippen molar-refractivity contribution in [3.63, 3.8) is 0 Å². The largest absolute Gasteiger partial charge is 0.303 e. The van der Waals surface area contributed by atoms with Gasteiger partial charge in [-0.3, -0.25) is 9.97 Å². The Balaban J connectivity index is 2.35. The van der Waals surface area contributed by atoms with Crippen LogP contribution in [0.15, 0.2) is 42.9 Å². The Hall–Kier alpha value is -1.74. The summed E-state index contributed by atoms with van der Waals surface area (Å²) in [5, 5.41) is 0. The molecular formula is C14H17N3. The van der Waals surface area contributed by atoms with Crippen LogP contribution in [0.4, 0.5) is 0 Å². The van der Waals surface area contributed by atoms with E-state index >= 15 is 0 Å². The molecule has 0 bridgehead atoms. The van der Waals surface area contributed by atoms with Crippen LogP contribution < -0.4 is 0 Å². The van der Waals surface area contributed by atoms with Gasteiger partial charge >= 0.3 is 0 Å². The molecule has 0 aliphatic rings. The smallest absolute Gasteiger partial charge is 0.0885 e. The van der Waals surface area contributed by atoms with Crippen molar-refractivity contribution in [1.29, 1.82) is 0 Å². The Bertz CT molecular complexity index is 480. The first kappa shape index (κ1) is 11.7. The third-order valence-corrected chi connectivity index (χ3v) is 3.00. The molecule has 0 spiro atoms. The van der Waals surface area contributed by atoms with Crippen molar-refractivity contribution in [2.24, 2.45) is 0 Å². The number of aromatic nitrogens is 2. The lowest BCUT2D eigenvalue weighted by atomic mass is 10.0. The van der Waals surface area contributed by atoms with Crippen molar-refractivity contribution in [3.05, 3.63) is 48.4 Å². The van der Waals surface area contributed by atoms with Gasteiger partial charge in [0.25, 0.3) is 0 Å². The predicted molar refractivity (Wildman–Crippen MR) is 69.6 cm³/mol. The second-order valence-corrected chi connectivity index (χ2v) is 4.36. The van der Waals surface area contributed by atoms with Crippen LogP contribution in [0.25, 0.3) is 11.3 Å². The summed E-state index contributed by atoms with van der Waals surface area (Å²) in [6.45, 7) is 2.19. The van der Waals surface area contributed by atoms with Gasteiger partial charge < -0.3 is 4.90 Å². The average Bonchev–Trinajstić information content (AvgIpc) is 2.39. The van der Waals surface area contributed by atoms with Crippen molar-refractivity contribution in [2.45, 2.75) is 13.0 Å². The molecule has 0 N–H and O–H groups in total. The maximum absolute atomic E-state index is 4.32. The summed E-state index contributed by atoms with van der Waals surface area (Å²) in [4.78, 5) is 10.6. The maximum Gasteiger partial charge on any atom is 0.0885 e. The van der Waals surface area contributed by atoms with E-state index in [2.05, 4.69) is 60.2 Å². The zero-order valence-corrected chi connectivity index (χ0v) is 10.5. The number of hydrogen-bond acceptors (Lipinski definition) is 3. The molecular weight excluding hydrogens is 210 g/mol. The van der Waals surface area contributed by atoms with Gasteiger partial charge in [0.15, 0.2) is 0 Å². The molecule has 0 radical (unpaired) electrons. The van der Waals surface area contributed by atoms with Gasteiger partial charge in [0.2, 0.25) is 0 Å². The molecule has 0 saturated heterocycles. The first-order valence-corrected chi connectivity index (χ1v) is 5.71. The lowest BCUT2D eigenvalue weighted by Gasteiger charge is -2.20. The van der Waals surface area contributed by atoms with E-state index < -0.39 is 0 Å². The SMILES string of the molecule is C[C@H](c1cccc(-c2cnccn2)c1)N(C)C. The van der Waals surface area contributed by atoms with Crippen molar-refractivity contribution in [3.8, 4) is 11.3 Å². The molecule has 1 aromatic heterocycles. The van der Waals surface area contributed by atoms with E-state index in [1.165, 1.54) is 5.56 Å². The van der Waals surface area contributed by atoms with Crippen LogP contribution in [0.5, 0.6) is 0 Å². The van der Waals surface area contributed by atoms with E-state index in [4.69, 9.17) is 0 Å².